The van der Waals surface area contributed by atoms with Gasteiger partial charge in [0.25, 0.3) is 0 Å². The number of sulfone groups is 1. The summed E-state index contributed by atoms with van der Waals surface area (Å²) in [5.41, 5.74) is 15.0. The molecule has 0 fully saturated rings. The van der Waals surface area contributed by atoms with E-state index in [9.17, 15) is 28.2 Å². The van der Waals surface area contributed by atoms with E-state index >= 15 is 0 Å². The van der Waals surface area contributed by atoms with Crippen molar-refractivity contribution in [3.05, 3.63) is 140 Å². The highest BCUT2D eigenvalue weighted by atomic mass is 32.2. The summed E-state index contributed by atoms with van der Waals surface area (Å²) in [5.74, 6) is 1.01. The molecule has 8 nitrogen and oxygen atoms in total. The molecule has 0 aliphatic heterocycles. The van der Waals surface area contributed by atoms with Crippen LogP contribution in [0.15, 0.2) is 72.8 Å². The fourth-order valence-electron chi connectivity index (χ4n) is 10.3. The zero-order valence-electron chi connectivity index (χ0n) is 48.6. The number of esters is 2. The molecule has 412 valence electrons. The van der Waals surface area contributed by atoms with E-state index in [0.717, 1.165) is 80.4 Å². The van der Waals surface area contributed by atoms with E-state index in [1.165, 1.54) is 69.9 Å². The molecule has 2 atom stereocenters. The SMILES string of the molecule is CCC(CC)(c1ccc(CCC(O)C(C)(C)C)c(C)c1)c1ccc(CCS(=O)(=O)CCC(=O)OC)c(C)c1.CCC(CC)(c1ccc(CCSCCC(=O)OC)c(C)c1)c1ccc(CCC(O)C(C)(C)C)c(C)c1. The summed E-state index contributed by atoms with van der Waals surface area (Å²) in [5, 5.41) is 21.0. The molecule has 74 heavy (non-hydrogen) atoms. The van der Waals surface area contributed by atoms with E-state index in [1.807, 2.05) is 18.7 Å². The average molecular weight is 1060 g/mol. The van der Waals surface area contributed by atoms with Gasteiger partial charge in [-0.1, -0.05) is 142 Å². The summed E-state index contributed by atoms with van der Waals surface area (Å²) in [6, 6.07) is 27.2. The van der Waals surface area contributed by atoms with Crippen molar-refractivity contribution >= 4 is 33.5 Å². The Kier molecular flexibility index (Phi) is 25.2. The van der Waals surface area contributed by atoms with Crippen LogP contribution in [0, 0.1) is 38.5 Å². The Morgan fingerprint density at radius 3 is 1.14 bits per heavy atom. The molecule has 0 amide bonds. The van der Waals surface area contributed by atoms with Crippen LogP contribution in [-0.4, -0.2) is 80.0 Å². The van der Waals surface area contributed by atoms with Gasteiger partial charge in [0.05, 0.1) is 50.8 Å². The molecule has 0 aliphatic carbocycles. The van der Waals surface area contributed by atoms with Crippen molar-refractivity contribution in [1.29, 1.82) is 0 Å². The molecule has 2 N–H and O–H groups in total. The first-order valence-electron chi connectivity index (χ1n) is 27.3. The lowest BCUT2D eigenvalue weighted by molar-refractivity contribution is -0.141. The second-order valence-electron chi connectivity index (χ2n) is 22.9. The normalized spacial score (nSPS) is 13.2. The third-order valence-corrected chi connectivity index (χ3v) is 18.7. The Labute approximate surface area is 453 Å². The van der Waals surface area contributed by atoms with Crippen molar-refractivity contribution in [3.8, 4) is 0 Å². The molecule has 0 saturated carbocycles. The molecule has 10 heteroatoms. The van der Waals surface area contributed by atoms with Crippen LogP contribution in [-0.2, 0) is 65.4 Å². The summed E-state index contributed by atoms with van der Waals surface area (Å²) in [4.78, 5) is 22.6. The van der Waals surface area contributed by atoms with Gasteiger partial charge in [-0.2, -0.15) is 11.8 Å². The first-order valence-corrected chi connectivity index (χ1v) is 30.3. The van der Waals surface area contributed by atoms with E-state index < -0.39 is 15.8 Å². The third-order valence-electron chi connectivity index (χ3n) is 16.1. The predicted molar refractivity (Wildman–Crippen MR) is 312 cm³/mol. The van der Waals surface area contributed by atoms with Crippen LogP contribution in [0.4, 0.5) is 0 Å². The highest BCUT2D eigenvalue weighted by Crippen LogP contribution is 2.42. The lowest BCUT2D eigenvalue weighted by Crippen LogP contribution is -2.27. The fourth-order valence-corrected chi connectivity index (χ4v) is 12.4. The molecular weight excluding hydrogens is 961 g/mol. The van der Waals surface area contributed by atoms with Crippen LogP contribution >= 0.6 is 11.8 Å². The standard InChI is InChI=1S/C32H48O5S.C32H48O3S/c1-9-32(10-2,27-14-11-25(23(3)21-27)13-16-29(33)31(5,6)7)28-15-12-26(24(4)22-28)17-19-38(35,36)20-18-30(34)37-8;1-9-32(10-2,27-14-11-25(23(3)21-27)13-16-29(33)31(5,6)7)28-15-12-26(24(4)22-28)17-19-36-20-18-30(34)35-8/h11-12,14-15,21-22,29,33H,9-10,13,16-20H2,1-8H3;11-12,14-15,21-22,29,33H,9-10,13,16-20H2,1-8H3. The van der Waals surface area contributed by atoms with Gasteiger partial charge in [0.15, 0.2) is 9.84 Å². The fraction of sp³-hybridized carbons (Fsp3) is 0.594. The van der Waals surface area contributed by atoms with Gasteiger partial charge in [-0.05, 0) is 175 Å². The highest BCUT2D eigenvalue weighted by molar-refractivity contribution is 7.99. The lowest BCUT2D eigenvalue weighted by atomic mass is 9.69. The van der Waals surface area contributed by atoms with Gasteiger partial charge in [0, 0.05) is 16.6 Å². The van der Waals surface area contributed by atoms with Gasteiger partial charge in [-0.3, -0.25) is 9.59 Å². The first kappa shape index (κ1) is 64.3. The molecule has 0 heterocycles. The maximum atomic E-state index is 12.4. The zero-order chi connectivity index (χ0) is 55.7. The summed E-state index contributed by atoms with van der Waals surface area (Å²) in [6.45, 7) is 30.2. The minimum atomic E-state index is -3.34. The molecule has 2 unspecified atom stereocenters. The number of hydrogen-bond donors (Lipinski definition) is 2. The monoisotopic (exact) mass is 1060 g/mol. The molecule has 0 aliphatic rings. The van der Waals surface area contributed by atoms with Crippen molar-refractivity contribution in [2.45, 2.75) is 197 Å². The molecule has 0 bridgehead atoms. The summed E-state index contributed by atoms with van der Waals surface area (Å²) in [7, 11) is -0.627. The van der Waals surface area contributed by atoms with Crippen molar-refractivity contribution in [3.63, 3.8) is 0 Å². The topological polar surface area (TPSA) is 127 Å². The van der Waals surface area contributed by atoms with Gasteiger partial charge in [0.2, 0.25) is 0 Å². The zero-order valence-corrected chi connectivity index (χ0v) is 50.2. The van der Waals surface area contributed by atoms with Crippen molar-refractivity contribution in [1.82, 2.24) is 0 Å². The smallest absolute Gasteiger partial charge is 0.306 e. The van der Waals surface area contributed by atoms with E-state index in [2.05, 4.69) is 168 Å². The first-order chi connectivity index (χ1) is 34.7. The van der Waals surface area contributed by atoms with Crippen LogP contribution in [0.25, 0.3) is 0 Å². The maximum absolute atomic E-state index is 12.4. The Bertz CT molecular complexity index is 2520. The second-order valence-corrected chi connectivity index (χ2v) is 26.4. The summed E-state index contributed by atoms with van der Waals surface area (Å²) in [6.07, 6.45) is 8.46. The Hall–Kier alpha value is -3.96. The molecule has 4 aromatic carbocycles. The minimum absolute atomic E-state index is 0.00717. The van der Waals surface area contributed by atoms with E-state index in [0.29, 0.717) is 12.8 Å². The summed E-state index contributed by atoms with van der Waals surface area (Å²) >= 11 is 1.81. The number of aryl methyl sites for hydroxylation is 8. The van der Waals surface area contributed by atoms with Gasteiger partial charge in [-0.25, -0.2) is 8.42 Å². The molecule has 4 aromatic rings. The highest BCUT2D eigenvalue weighted by Gasteiger charge is 2.33. The third kappa shape index (κ3) is 18.1. The van der Waals surface area contributed by atoms with Gasteiger partial charge >= 0.3 is 11.9 Å². The van der Waals surface area contributed by atoms with Gasteiger partial charge < -0.3 is 19.7 Å². The summed E-state index contributed by atoms with van der Waals surface area (Å²) < 4.78 is 34.1. The number of ether oxygens (including phenoxy) is 2. The van der Waals surface area contributed by atoms with Crippen LogP contribution in [0.3, 0.4) is 0 Å². The number of methoxy groups -OCH3 is 2. The lowest BCUT2D eigenvalue weighted by Gasteiger charge is -2.34. The number of thioether (sulfide) groups is 1. The number of aliphatic hydroxyl groups excluding tert-OH is 2. The Morgan fingerprint density at radius 1 is 0.500 bits per heavy atom. The van der Waals surface area contributed by atoms with Crippen LogP contribution in [0.2, 0.25) is 0 Å². The second kappa shape index (κ2) is 29.0. The Morgan fingerprint density at radius 2 is 0.824 bits per heavy atom. The quantitative estimate of drug-likeness (QED) is 0.0467. The predicted octanol–water partition coefficient (Wildman–Crippen LogP) is 13.9. The van der Waals surface area contributed by atoms with Crippen molar-refractivity contribution in [2.75, 3.05) is 37.2 Å². The van der Waals surface area contributed by atoms with Crippen LogP contribution < -0.4 is 0 Å². The van der Waals surface area contributed by atoms with Crippen molar-refractivity contribution in [2.24, 2.45) is 10.8 Å². The van der Waals surface area contributed by atoms with E-state index in [-0.39, 0.29) is 57.8 Å². The van der Waals surface area contributed by atoms with Crippen LogP contribution in [0.1, 0.15) is 187 Å². The average Bonchev–Trinajstić information content (AvgIpc) is 3.35. The Balaban J connectivity index is 0.000000391. The van der Waals surface area contributed by atoms with Crippen molar-refractivity contribution < 1.29 is 37.7 Å². The molecule has 0 aromatic heterocycles. The number of rotatable bonds is 26. The number of carbonyl (C=O) groups excluding carboxylic acids is 2. The van der Waals surface area contributed by atoms with E-state index in [4.69, 9.17) is 4.74 Å². The van der Waals surface area contributed by atoms with Gasteiger partial charge in [0.1, 0.15) is 0 Å². The molecule has 0 radical (unpaired) electrons. The molecule has 0 saturated heterocycles. The van der Waals surface area contributed by atoms with Gasteiger partial charge in [-0.15, -0.1) is 0 Å². The molecule has 4 rings (SSSR count). The number of hydrogen-bond acceptors (Lipinski definition) is 9. The maximum Gasteiger partial charge on any atom is 0.306 e. The van der Waals surface area contributed by atoms with E-state index in [1.54, 1.807) is 0 Å². The van der Waals surface area contributed by atoms with Crippen LogP contribution in [0.5, 0.6) is 0 Å². The number of benzene rings is 4. The largest absolute Gasteiger partial charge is 0.469 e. The number of carbonyl (C=O) groups is 2. The number of aliphatic hydroxyl groups is 2. The molecular formula is C64H96O8S2. The minimum Gasteiger partial charge on any atom is -0.469 e. The molecule has 0 spiro atoms.